The third-order valence-electron chi connectivity index (χ3n) is 4.96. The summed E-state index contributed by atoms with van der Waals surface area (Å²) >= 11 is 1.78. The average molecular weight is 512 g/mol. The van der Waals surface area contributed by atoms with Crippen LogP contribution in [0.1, 0.15) is 42.5 Å². The first kappa shape index (κ1) is 22.7. The van der Waals surface area contributed by atoms with E-state index in [-0.39, 0.29) is 35.8 Å². The third kappa shape index (κ3) is 6.48. The van der Waals surface area contributed by atoms with Gasteiger partial charge in [0.1, 0.15) is 0 Å². The van der Waals surface area contributed by atoms with E-state index in [9.17, 15) is 4.79 Å². The highest BCUT2D eigenvalue weighted by molar-refractivity contribution is 14.0. The van der Waals surface area contributed by atoms with Gasteiger partial charge in [-0.2, -0.15) is 0 Å². The molecule has 1 atom stereocenters. The van der Waals surface area contributed by atoms with Crippen molar-refractivity contribution in [3.8, 4) is 0 Å². The standard InChI is InChI=1S/C21H28N4OS.HI/c1-15(19-10-5-11-27-19)13-23-21(22-2)24-14-16-6-3-9-18(12-16)25-20(26)17-7-4-8-17;/h3,5-6,9-12,15,17H,4,7-8,13-14H2,1-2H3,(H,25,26)(H2,22,23,24);1H. The van der Waals surface area contributed by atoms with Crippen molar-refractivity contribution < 1.29 is 4.79 Å². The highest BCUT2D eigenvalue weighted by Crippen LogP contribution is 2.27. The Labute approximate surface area is 188 Å². The molecule has 3 rings (SSSR count). The molecule has 1 fully saturated rings. The molecule has 1 aliphatic carbocycles. The summed E-state index contributed by atoms with van der Waals surface area (Å²) in [5.74, 6) is 1.56. The minimum atomic E-state index is 0. The van der Waals surface area contributed by atoms with Gasteiger partial charge in [0.05, 0.1) is 0 Å². The van der Waals surface area contributed by atoms with E-state index in [4.69, 9.17) is 0 Å². The zero-order chi connectivity index (χ0) is 19.1. The number of rotatable bonds is 7. The second-order valence-corrected chi connectivity index (χ2v) is 8.02. The highest BCUT2D eigenvalue weighted by Gasteiger charge is 2.25. The van der Waals surface area contributed by atoms with Gasteiger partial charge in [0, 0.05) is 42.5 Å². The van der Waals surface area contributed by atoms with Crippen molar-refractivity contribution in [3.63, 3.8) is 0 Å². The maximum atomic E-state index is 12.1. The lowest BCUT2D eigenvalue weighted by Crippen LogP contribution is -2.38. The molecule has 0 spiro atoms. The summed E-state index contributed by atoms with van der Waals surface area (Å²) in [4.78, 5) is 17.8. The molecular weight excluding hydrogens is 483 g/mol. The van der Waals surface area contributed by atoms with Crippen LogP contribution in [0.15, 0.2) is 46.8 Å². The normalized spacial score (nSPS) is 15.1. The van der Waals surface area contributed by atoms with Gasteiger partial charge in [-0.1, -0.05) is 31.5 Å². The molecule has 1 aromatic carbocycles. The predicted octanol–water partition coefficient (Wildman–Crippen LogP) is 4.57. The number of benzene rings is 1. The Hall–Kier alpha value is -1.61. The Morgan fingerprint density at radius 1 is 1.25 bits per heavy atom. The van der Waals surface area contributed by atoms with Gasteiger partial charge in [0.15, 0.2) is 5.96 Å². The van der Waals surface area contributed by atoms with Crippen LogP contribution in [-0.4, -0.2) is 25.5 Å². The van der Waals surface area contributed by atoms with E-state index >= 15 is 0 Å². The van der Waals surface area contributed by atoms with Crippen molar-refractivity contribution in [2.75, 3.05) is 18.9 Å². The van der Waals surface area contributed by atoms with Crippen molar-refractivity contribution in [2.24, 2.45) is 10.9 Å². The topological polar surface area (TPSA) is 65.5 Å². The van der Waals surface area contributed by atoms with Crippen LogP contribution < -0.4 is 16.0 Å². The lowest BCUT2D eigenvalue weighted by molar-refractivity contribution is -0.122. The number of nitrogens with one attached hydrogen (secondary N) is 3. The molecule has 28 heavy (non-hydrogen) atoms. The number of guanidine groups is 1. The summed E-state index contributed by atoms with van der Waals surface area (Å²) in [5.41, 5.74) is 1.97. The molecule has 2 aromatic rings. The number of carbonyl (C=O) groups excluding carboxylic acids is 1. The number of hydrogen-bond acceptors (Lipinski definition) is 3. The summed E-state index contributed by atoms with van der Waals surface area (Å²) in [6.07, 6.45) is 3.19. The number of anilines is 1. The number of thiophene rings is 1. The molecule has 1 unspecified atom stereocenters. The summed E-state index contributed by atoms with van der Waals surface area (Å²) in [6, 6.07) is 12.2. The lowest BCUT2D eigenvalue weighted by Gasteiger charge is -2.24. The van der Waals surface area contributed by atoms with E-state index in [1.807, 2.05) is 24.3 Å². The Bertz CT molecular complexity index is 774. The van der Waals surface area contributed by atoms with Gasteiger partial charge in [-0.05, 0) is 42.0 Å². The van der Waals surface area contributed by atoms with Crippen molar-refractivity contribution in [1.82, 2.24) is 10.6 Å². The number of carbonyl (C=O) groups is 1. The monoisotopic (exact) mass is 512 g/mol. The molecule has 1 saturated carbocycles. The summed E-state index contributed by atoms with van der Waals surface area (Å²) in [5, 5.41) is 11.9. The second kappa shape index (κ2) is 11.4. The van der Waals surface area contributed by atoms with Crippen LogP contribution in [0.4, 0.5) is 5.69 Å². The van der Waals surface area contributed by atoms with Crippen molar-refractivity contribution in [1.29, 1.82) is 0 Å². The summed E-state index contributed by atoms with van der Waals surface area (Å²) in [7, 11) is 1.78. The van der Waals surface area contributed by atoms with Gasteiger partial charge >= 0.3 is 0 Å². The Balaban J connectivity index is 0.00000280. The van der Waals surface area contributed by atoms with Gasteiger partial charge in [-0.25, -0.2) is 0 Å². The Morgan fingerprint density at radius 3 is 2.71 bits per heavy atom. The van der Waals surface area contributed by atoms with E-state index in [2.05, 4.69) is 45.4 Å². The molecule has 1 amide bonds. The smallest absolute Gasteiger partial charge is 0.227 e. The van der Waals surface area contributed by atoms with Crippen LogP contribution in [-0.2, 0) is 11.3 Å². The van der Waals surface area contributed by atoms with Crippen molar-refractivity contribution in [2.45, 2.75) is 38.6 Å². The van der Waals surface area contributed by atoms with Crippen LogP contribution in [0.3, 0.4) is 0 Å². The van der Waals surface area contributed by atoms with Gasteiger partial charge in [-0.15, -0.1) is 35.3 Å². The SMILES string of the molecule is CN=C(NCc1cccc(NC(=O)C2CCC2)c1)NCC(C)c1cccs1.I. The molecule has 3 N–H and O–H groups in total. The van der Waals surface area contributed by atoms with Crippen LogP contribution in [0.25, 0.3) is 0 Å². The zero-order valence-corrected chi connectivity index (χ0v) is 19.6. The maximum absolute atomic E-state index is 12.1. The number of amides is 1. The number of aliphatic imine (C=N–C) groups is 1. The van der Waals surface area contributed by atoms with E-state index in [0.29, 0.717) is 12.5 Å². The molecule has 1 aliphatic rings. The quantitative estimate of drug-likeness (QED) is 0.289. The second-order valence-electron chi connectivity index (χ2n) is 7.04. The third-order valence-corrected chi connectivity index (χ3v) is 6.06. The van der Waals surface area contributed by atoms with E-state index in [1.165, 1.54) is 11.3 Å². The summed E-state index contributed by atoms with van der Waals surface area (Å²) < 4.78 is 0. The molecule has 1 heterocycles. The Kier molecular flexibility index (Phi) is 9.24. The van der Waals surface area contributed by atoms with Crippen molar-refractivity contribution >= 4 is 52.9 Å². The fourth-order valence-electron chi connectivity index (χ4n) is 3.00. The molecule has 152 valence electrons. The first-order valence-electron chi connectivity index (χ1n) is 9.53. The molecule has 5 nitrogen and oxygen atoms in total. The zero-order valence-electron chi connectivity index (χ0n) is 16.4. The average Bonchev–Trinajstić information content (AvgIpc) is 3.15. The fourth-order valence-corrected chi connectivity index (χ4v) is 3.79. The molecular formula is C21H29IN4OS. The highest BCUT2D eigenvalue weighted by atomic mass is 127. The molecule has 0 radical (unpaired) electrons. The number of halogens is 1. The molecule has 0 aliphatic heterocycles. The number of nitrogens with zero attached hydrogens (tertiary/aromatic N) is 1. The summed E-state index contributed by atoms with van der Waals surface area (Å²) in [6.45, 7) is 3.69. The number of hydrogen-bond donors (Lipinski definition) is 3. The molecule has 7 heteroatoms. The minimum absolute atomic E-state index is 0. The predicted molar refractivity (Wildman–Crippen MR) is 129 cm³/mol. The van der Waals surface area contributed by atoms with Crippen LogP contribution in [0.5, 0.6) is 0 Å². The molecule has 0 saturated heterocycles. The largest absolute Gasteiger partial charge is 0.356 e. The van der Waals surface area contributed by atoms with E-state index in [0.717, 1.165) is 36.6 Å². The van der Waals surface area contributed by atoms with E-state index < -0.39 is 0 Å². The van der Waals surface area contributed by atoms with Gasteiger partial charge in [-0.3, -0.25) is 9.79 Å². The fraction of sp³-hybridized carbons (Fsp3) is 0.429. The lowest BCUT2D eigenvalue weighted by atomic mass is 9.85. The van der Waals surface area contributed by atoms with E-state index in [1.54, 1.807) is 18.4 Å². The maximum Gasteiger partial charge on any atom is 0.227 e. The molecule has 1 aromatic heterocycles. The molecule has 0 bridgehead atoms. The van der Waals surface area contributed by atoms with Crippen molar-refractivity contribution in [3.05, 3.63) is 52.2 Å². The first-order valence-corrected chi connectivity index (χ1v) is 10.4. The van der Waals surface area contributed by atoms with Crippen LogP contribution >= 0.6 is 35.3 Å². The first-order chi connectivity index (χ1) is 13.2. The minimum Gasteiger partial charge on any atom is -0.356 e. The van der Waals surface area contributed by atoms with Crippen LogP contribution in [0, 0.1) is 5.92 Å². The van der Waals surface area contributed by atoms with Gasteiger partial charge < -0.3 is 16.0 Å². The Morgan fingerprint density at radius 2 is 2.07 bits per heavy atom. The van der Waals surface area contributed by atoms with Gasteiger partial charge in [0.25, 0.3) is 0 Å². The van der Waals surface area contributed by atoms with Crippen LogP contribution in [0.2, 0.25) is 0 Å². The van der Waals surface area contributed by atoms with Gasteiger partial charge in [0.2, 0.25) is 5.91 Å².